The Morgan fingerprint density at radius 1 is 1.21 bits per heavy atom. The molecule has 0 unspecified atom stereocenters. The van der Waals surface area contributed by atoms with Gasteiger partial charge in [0.2, 0.25) is 5.91 Å². The van der Waals surface area contributed by atoms with Gasteiger partial charge in [-0.3, -0.25) is 4.79 Å². The number of amides is 1. The number of hydrogen-bond donors (Lipinski definition) is 2. The van der Waals surface area contributed by atoms with E-state index in [0.717, 1.165) is 0 Å². The minimum Gasteiger partial charge on any atom is -0.467 e. The van der Waals surface area contributed by atoms with E-state index in [1.165, 1.54) is 6.07 Å². The molecule has 0 aliphatic carbocycles. The first-order valence-electron chi connectivity index (χ1n) is 6.03. The minimum absolute atomic E-state index is 0.111. The molecule has 0 aliphatic heterocycles. The van der Waals surface area contributed by atoms with Crippen LogP contribution in [0.3, 0.4) is 0 Å². The largest absolute Gasteiger partial charge is 0.467 e. The molecule has 0 saturated carbocycles. The van der Waals surface area contributed by atoms with Crippen molar-refractivity contribution < 1.29 is 13.6 Å². The topological polar surface area (TPSA) is 54.3 Å². The highest BCUT2D eigenvalue weighted by Crippen LogP contribution is 2.11. The van der Waals surface area contributed by atoms with E-state index in [1.54, 1.807) is 36.6 Å². The molecule has 0 saturated heterocycles. The molecule has 0 radical (unpaired) electrons. The second-order valence-corrected chi connectivity index (χ2v) is 4.01. The van der Waals surface area contributed by atoms with E-state index in [0.29, 0.717) is 24.5 Å². The Bertz CT molecular complexity index is 526. The summed E-state index contributed by atoms with van der Waals surface area (Å²) in [6.07, 6.45) is 1.83. The van der Waals surface area contributed by atoms with Crippen LogP contribution in [0.4, 0.5) is 10.1 Å². The molecule has 2 rings (SSSR count). The summed E-state index contributed by atoms with van der Waals surface area (Å²) < 4.78 is 18.4. The van der Waals surface area contributed by atoms with Gasteiger partial charge in [-0.05, 0) is 24.3 Å². The highest BCUT2D eigenvalue weighted by atomic mass is 19.1. The maximum atomic E-state index is 13.3. The van der Waals surface area contributed by atoms with E-state index < -0.39 is 0 Å². The van der Waals surface area contributed by atoms with Crippen molar-refractivity contribution in [3.8, 4) is 0 Å². The van der Waals surface area contributed by atoms with Gasteiger partial charge in [-0.15, -0.1) is 0 Å². The fourth-order valence-electron chi connectivity index (χ4n) is 1.60. The third-order valence-electron chi connectivity index (χ3n) is 2.58. The number of benzene rings is 1. The second kappa shape index (κ2) is 6.58. The van der Waals surface area contributed by atoms with Crippen LogP contribution in [0.5, 0.6) is 0 Å². The molecular formula is C14H15FN2O2. The van der Waals surface area contributed by atoms with E-state index in [1.807, 2.05) is 0 Å². The number of para-hydroxylation sites is 1. The van der Waals surface area contributed by atoms with E-state index >= 15 is 0 Å². The summed E-state index contributed by atoms with van der Waals surface area (Å²) in [5.41, 5.74) is 0.404. The quantitative estimate of drug-likeness (QED) is 0.841. The van der Waals surface area contributed by atoms with Gasteiger partial charge in [-0.25, -0.2) is 4.39 Å². The molecule has 1 heterocycles. The van der Waals surface area contributed by atoms with Gasteiger partial charge in [0.1, 0.15) is 11.6 Å². The smallest absolute Gasteiger partial charge is 0.222 e. The summed E-state index contributed by atoms with van der Waals surface area (Å²) in [5.74, 6) is 0.272. The standard InChI is InChI=1S/C14H15FN2O2/c15-12-5-1-2-6-13(12)16-8-7-14(18)17-10-11-4-3-9-19-11/h1-6,9,16H,7-8,10H2,(H,17,18). The molecule has 2 aromatic rings. The molecule has 0 bridgehead atoms. The van der Waals surface area contributed by atoms with E-state index in [9.17, 15) is 9.18 Å². The Balaban J connectivity index is 1.68. The van der Waals surface area contributed by atoms with Gasteiger partial charge in [-0.1, -0.05) is 12.1 Å². The maximum absolute atomic E-state index is 13.3. The van der Waals surface area contributed by atoms with Crippen LogP contribution in [-0.4, -0.2) is 12.5 Å². The van der Waals surface area contributed by atoms with Gasteiger partial charge in [0.25, 0.3) is 0 Å². The Labute approximate surface area is 110 Å². The molecule has 19 heavy (non-hydrogen) atoms. The molecule has 1 amide bonds. The van der Waals surface area contributed by atoms with Crippen LogP contribution in [-0.2, 0) is 11.3 Å². The van der Waals surface area contributed by atoms with Crippen LogP contribution in [0.25, 0.3) is 0 Å². The number of furan rings is 1. The summed E-state index contributed by atoms with van der Waals surface area (Å²) >= 11 is 0. The molecule has 0 aliphatic rings. The van der Waals surface area contributed by atoms with E-state index in [2.05, 4.69) is 10.6 Å². The zero-order valence-electron chi connectivity index (χ0n) is 10.4. The zero-order valence-corrected chi connectivity index (χ0v) is 10.4. The van der Waals surface area contributed by atoms with Crippen LogP contribution in [0, 0.1) is 5.82 Å². The third kappa shape index (κ3) is 4.13. The van der Waals surface area contributed by atoms with Crippen LogP contribution in [0.15, 0.2) is 47.1 Å². The fraction of sp³-hybridized carbons (Fsp3) is 0.214. The number of carbonyl (C=O) groups excluding carboxylic acids is 1. The number of anilines is 1. The van der Waals surface area contributed by atoms with Crippen LogP contribution < -0.4 is 10.6 Å². The van der Waals surface area contributed by atoms with Crippen molar-refractivity contribution in [3.63, 3.8) is 0 Å². The minimum atomic E-state index is -0.321. The number of nitrogens with one attached hydrogen (secondary N) is 2. The van der Waals surface area contributed by atoms with Gasteiger partial charge in [-0.2, -0.15) is 0 Å². The van der Waals surface area contributed by atoms with E-state index in [4.69, 9.17) is 4.42 Å². The van der Waals surface area contributed by atoms with Gasteiger partial charge in [0, 0.05) is 13.0 Å². The van der Waals surface area contributed by atoms with Crippen molar-refractivity contribution >= 4 is 11.6 Å². The lowest BCUT2D eigenvalue weighted by Gasteiger charge is -2.07. The van der Waals surface area contributed by atoms with Crippen molar-refractivity contribution in [1.29, 1.82) is 0 Å². The van der Waals surface area contributed by atoms with Crippen LogP contribution in [0.1, 0.15) is 12.2 Å². The summed E-state index contributed by atoms with van der Waals surface area (Å²) in [4.78, 5) is 11.5. The molecule has 1 aromatic carbocycles. The first-order chi connectivity index (χ1) is 9.25. The first kappa shape index (κ1) is 13.1. The molecule has 4 nitrogen and oxygen atoms in total. The number of hydrogen-bond acceptors (Lipinski definition) is 3. The van der Waals surface area contributed by atoms with Crippen molar-refractivity contribution in [2.75, 3.05) is 11.9 Å². The van der Waals surface area contributed by atoms with E-state index in [-0.39, 0.29) is 18.1 Å². The SMILES string of the molecule is O=C(CCNc1ccccc1F)NCc1ccco1. The van der Waals surface area contributed by atoms with Crippen molar-refractivity contribution in [1.82, 2.24) is 5.32 Å². The summed E-state index contributed by atoms with van der Waals surface area (Å²) in [6, 6.07) is 9.92. The molecule has 0 spiro atoms. The molecule has 5 heteroatoms. The molecule has 1 aromatic heterocycles. The Morgan fingerprint density at radius 3 is 2.79 bits per heavy atom. The first-order valence-corrected chi connectivity index (χ1v) is 6.03. The average molecular weight is 262 g/mol. The summed E-state index contributed by atoms with van der Waals surface area (Å²) in [5, 5.41) is 5.60. The number of carbonyl (C=O) groups is 1. The molecule has 2 N–H and O–H groups in total. The second-order valence-electron chi connectivity index (χ2n) is 4.01. The highest BCUT2D eigenvalue weighted by Gasteiger charge is 2.04. The monoisotopic (exact) mass is 262 g/mol. The summed E-state index contributed by atoms with van der Waals surface area (Å²) in [6.45, 7) is 0.746. The Kier molecular flexibility index (Phi) is 4.55. The molecule has 0 fully saturated rings. The summed E-state index contributed by atoms with van der Waals surface area (Å²) in [7, 11) is 0. The van der Waals surface area contributed by atoms with Crippen LogP contribution in [0.2, 0.25) is 0 Å². The van der Waals surface area contributed by atoms with Crippen molar-refractivity contribution in [2.45, 2.75) is 13.0 Å². The van der Waals surface area contributed by atoms with Crippen molar-refractivity contribution in [3.05, 3.63) is 54.2 Å². The Morgan fingerprint density at radius 2 is 2.05 bits per heavy atom. The number of rotatable bonds is 6. The third-order valence-corrected chi connectivity index (χ3v) is 2.58. The zero-order chi connectivity index (χ0) is 13.5. The lowest BCUT2D eigenvalue weighted by atomic mass is 10.3. The van der Waals surface area contributed by atoms with Gasteiger partial charge < -0.3 is 15.1 Å². The van der Waals surface area contributed by atoms with Gasteiger partial charge >= 0.3 is 0 Å². The molecular weight excluding hydrogens is 247 g/mol. The molecule has 0 atom stereocenters. The fourth-order valence-corrected chi connectivity index (χ4v) is 1.60. The van der Waals surface area contributed by atoms with Gasteiger partial charge in [0.15, 0.2) is 0 Å². The normalized spacial score (nSPS) is 10.2. The lowest BCUT2D eigenvalue weighted by Crippen LogP contribution is -2.24. The average Bonchev–Trinajstić information content (AvgIpc) is 2.92. The highest BCUT2D eigenvalue weighted by molar-refractivity contribution is 5.76. The van der Waals surface area contributed by atoms with Gasteiger partial charge in [0.05, 0.1) is 18.5 Å². The van der Waals surface area contributed by atoms with Crippen molar-refractivity contribution in [2.24, 2.45) is 0 Å². The molecule has 100 valence electrons. The number of halogens is 1. The maximum Gasteiger partial charge on any atom is 0.222 e. The van der Waals surface area contributed by atoms with Crippen LogP contribution >= 0.6 is 0 Å². The predicted molar refractivity (Wildman–Crippen MR) is 70.1 cm³/mol. The Hall–Kier alpha value is -2.30. The predicted octanol–water partition coefficient (Wildman–Crippen LogP) is 2.54. The lowest BCUT2D eigenvalue weighted by molar-refractivity contribution is -0.121.